The summed E-state index contributed by atoms with van der Waals surface area (Å²) in [6.45, 7) is 3.25. The number of thiophene rings is 1. The number of rotatable bonds is 6. The highest BCUT2D eigenvalue weighted by molar-refractivity contribution is 7.21. The fourth-order valence-electron chi connectivity index (χ4n) is 3.50. The van der Waals surface area contributed by atoms with E-state index in [0.29, 0.717) is 32.9 Å². The lowest BCUT2D eigenvalue weighted by Crippen LogP contribution is -2.22. The molecule has 4 heterocycles. The number of aromatic nitrogens is 5. The van der Waals surface area contributed by atoms with Crippen LogP contribution in [0.3, 0.4) is 0 Å². The van der Waals surface area contributed by atoms with Crippen molar-refractivity contribution in [1.82, 2.24) is 24.5 Å². The molecular formula is C20H18ClF2N7O2S. The van der Waals surface area contributed by atoms with Crippen LogP contribution in [0.5, 0.6) is 0 Å². The maximum absolute atomic E-state index is 13.6. The highest BCUT2D eigenvalue weighted by Gasteiger charge is 2.26. The van der Waals surface area contributed by atoms with Crippen molar-refractivity contribution >= 4 is 50.7 Å². The van der Waals surface area contributed by atoms with Gasteiger partial charge in [0.25, 0.3) is 12.3 Å². The minimum Gasteiger partial charge on any atom is -0.365 e. The Labute approximate surface area is 195 Å². The average Bonchev–Trinajstić information content (AvgIpc) is 3.38. The van der Waals surface area contributed by atoms with Crippen molar-refractivity contribution in [2.45, 2.75) is 26.8 Å². The van der Waals surface area contributed by atoms with Crippen LogP contribution in [0, 0.1) is 13.8 Å². The van der Waals surface area contributed by atoms with Gasteiger partial charge in [0, 0.05) is 24.2 Å². The molecule has 4 rings (SSSR count). The fraction of sp³-hybridized carbons (Fsp3) is 0.250. The predicted octanol–water partition coefficient (Wildman–Crippen LogP) is 3.84. The molecule has 2 amide bonds. The van der Waals surface area contributed by atoms with Crippen molar-refractivity contribution in [3.05, 3.63) is 45.4 Å². The summed E-state index contributed by atoms with van der Waals surface area (Å²) in [6.07, 6.45) is 0.245. The number of carbonyl (C=O) groups excluding carboxylic acids is 2. The summed E-state index contributed by atoms with van der Waals surface area (Å²) in [6, 6.07) is 1.24. The topological polar surface area (TPSA) is 121 Å². The van der Waals surface area contributed by atoms with Gasteiger partial charge in [0.05, 0.1) is 28.3 Å². The number of amides is 2. The van der Waals surface area contributed by atoms with E-state index in [1.807, 2.05) is 0 Å². The zero-order valence-corrected chi connectivity index (χ0v) is 19.3. The molecule has 0 saturated carbocycles. The molecule has 0 aliphatic carbocycles. The number of nitrogens with zero attached hydrogens (tertiary/aromatic N) is 5. The number of alkyl halides is 2. The molecule has 0 aliphatic rings. The normalized spacial score (nSPS) is 11.5. The van der Waals surface area contributed by atoms with E-state index in [2.05, 4.69) is 20.5 Å². The lowest BCUT2D eigenvalue weighted by molar-refractivity contribution is -0.116. The second-order valence-electron chi connectivity index (χ2n) is 7.33. The molecule has 4 aromatic rings. The number of anilines is 1. The molecule has 0 aromatic carbocycles. The summed E-state index contributed by atoms with van der Waals surface area (Å²) in [4.78, 5) is 29.2. The smallest absolute Gasteiger partial charge is 0.280 e. The number of primary amides is 1. The Morgan fingerprint density at radius 3 is 2.58 bits per heavy atom. The van der Waals surface area contributed by atoms with E-state index in [9.17, 15) is 18.4 Å². The van der Waals surface area contributed by atoms with Crippen LogP contribution in [0.2, 0.25) is 5.02 Å². The standard InChI is InChI=1S/C20H18ClF2N7O2S/c1-8-11(6-29(3)28-8)10-4-13(18(22)23)26-20-15(10)16(17(33-20)19(24)32)27-14(31)7-30-9(2)12(21)5-25-30/h4-6,18H,7H2,1-3H3,(H2,24,32)(H,27,31). The summed E-state index contributed by atoms with van der Waals surface area (Å²) in [7, 11) is 1.70. The van der Waals surface area contributed by atoms with Crippen molar-refractivity contribution in [3.8, 4) is 11.1 Å². The molecule has 0 radical (unpaired) electrons. The maximum Gasteiger partial charge on any atom is 0.280 e. The first-order chi connectivity index (χ1) is 15.6. The Kier molecular flexibility index (Phi) is 5.89. The molecule has 0 fully saturated rings. The zero-order valence-electron chi connectivity index (χ0n) is 17.7. The van der Waals surface area contributed by atoms with Gasteiger partial charge in [-0.15, -0.1) is 11.3 Å². The van der Waals surface area contributed by atoms with Crippen molar-refractivity contribution in [2.24, 2.45) is 12.8 Å². The van der Waals surface area contributed by atoms with Gasteiger partial charge in [-0.25, -0.2) is 13.8 Å². The Morgan fingerprint density at radius 1 is 1.30 bits per heavy atom. The van der Waals surface area contributed by atoms with Gasteiger partial charge >= 0.3 is 0 Å². The van der Waals surface area contributed by atoms with Crippen molar-refractivity contribution in [3.63, 3.8) is 0 Å². The van der Waals surface area contributed by atoms with Crippen molar-refractivity contribution in [1.29, 1.82) is 0 Å². The molecular weight excluding hydrogens is 476 g/mol. The van der Waals surface area contributed by atoms with Crippen LogP contribution in [0.15, 0.2) is 18.5 Å². The SMILES string of the molecule is Cc1nn(C)cc1-c1cc(C(F)F)nc2sc(C(N)=O)c(NC(=O)Cn3ncc(Cl)c3C)c12. The van der Waals surface area contributed by atoms with Gasteiger partial charge < -0.3 is 11.1 Å². The number of fused-ring (bicyclic) bond motifs is 1. The van der Waals surface area contributed by atoms with Crippen LogP contribution in [-0.2, 0) is 18.4 Å². The summed E-state index contributed by atoms with van der Waals surface area (Å²) >= 11 is 6.83. The lowest BCUT2D eigenvalue weighted by Gasteiger charge is -2.11. The molecule has 3 N–H and O–H groups in total. The molecule has 0 unspecified atom stereocenters. The first-order valence-corrected chi connectivity index (χ1v) is 10.8. The Hall–Kier alpha value is -3.38. The molecule has 172 valence electrons. The Bertz CT molecular complexity index is 1410. The Balaban J connectivity index is 1.89. The van der Waals surface area contributed by atoms with Crippen LogP contribution >= 0.6 is 22.9 Å². The first-order valence-electron chi connectivity index (χ1n) is 9.60. The maximum atomic E-state index is 13.6. The van der Waals surface area contributed by atoms with E-state index in [-0.39, 0.29) is 21.9 Å². The number of halogens is 3. The number of pyridine rings is 1. The third kappa shape index (κ3) is 4.18. The van der Waals surface area contributed by atoms with E-state index < -0.39 is 23.9 Å². The molecule has 13 heteroatoms. The number of hydrogen-bond acceptors (Lipinski definition) is 6. The minimum absolute atomic E-state index is 0.00437. The number of hydrogen-bond donors (Lipinski definition) is 2. The van der Waals surface area contributed by atoms with Gasteiger partial charge in [-0.2, -0.15) is 10.2 Å². The van der Waals surface area contributed by atoms with E-state index in [1.54, 1.807) is 31.8 Å². The van der Waals surface area contributed by atoms with Crippen LogP contribution < -0.4 is 11.1 Å². The number of carbonyl (C=O) groups is 2. The van der Waals surface area contributed by atoms with Crippen molar-refractivity contribution in [2.75, 3.05) is 5.32 Å². The average molecular weight is 494 g/mol. The first kappa shape index (κ1) is 22.8. The van der Waals surface area contributed by atoms with Gasteiger partial charge in [-0.05, 0) is 25.5 Å². The molecule has 0 aliphatic heterocycles. The number of aryl methyl sites for hydroxylation is 2. The molecule has 0 atom stereocenters. The van der Waals surface area contributed by atoms with Gasteiger partial charge in [0.1, 0.15) is 21.9 Å². The zero-order chi connectivity index (χ0) is 24.0. The molecule has 33 heavy (non-hydrogen) atoms. The van der Waals surface area contributed by atoms with Crippen LogP contribution in [0.4, 0.5) is 14.5 Å². The third-order valence-corrected chi connectivity index (χ3v) is 6.50. The van der Waals surface area contributed by atoms with Gasteiger partial charge in [-0.1, -0.05) is 11.6 Å². The summed E-state index contributed by atoms with van der Waals surface area (Å²) in [5.41, 5.74) is 7.28. The minimum atomic E-state index is -2.84. The lowest BCUT2D eigenvalue weighted by atomic mass is 10.0. The van der Waals surface area contributed by atoms with Gasteiger partial charge in [0.2, 0.25) is 5.91 Å². The highest BCUT2D eigenvalue weighted by Crippen LogP contribution is 2.43. The Morgan fingerprint density at radius 2 is 2.03 bits per heavy atom. The van der Waals surface area contributed by atoms with E-state index in [0.717, 1.165) is 11.3 Å². The fourth-order valence-corrected chi connectivity index (χ4v) is 4.65. The quantitative estimate of drug-likeness (QED) is 0.422. The summed E-state index contributed by atoms with van der Waals surface area (Å²) in [5, 5.41) is 11.8. The summed E-state index contributed by atoms with van der Waals surface area (Å²) < 4.78 is 30.1. The molecule has 9 nitrogen and oxygen atoms in total. The molecule has 4 aromatic heterocycles. The van der Waals surface area contributed by atoms with Gasteiger partial charge in [-0.3, -0.25) is 19.0 Å². The largest absolute Gasteiger partial charge is 0.365 e. The number of nitrogens with two attached hydrogens (primary N) is 1. The van der Waals surface area contributed by atoms with Crippen molar-refractivity contribution < 1.29 is 18.4 Å². The molecule has 0 spiro atoms. The predicted molar refractivity (Wildman–Crippen MR) is 121 cm³/mol. The second-order valence-corrected chi connectivity index (χ2v) is 8.74. The van der Waals surface area contributed by atoms with Crippen LogP contribution in [-0.4, -0.2) is 36.4 Å². The van der Waals surface area contributed by atoms with E-state index in [1.165, 1.54) is 16.9 Å². The van der Waals surface area contributed by atoms with Gasteiger partial charge in [0.15, 0.2) is 0 Å². The van der Waals surface area contributed by atoms with E-state index >= 15 is 0 Å². The second kappa shape index (κ2) is 8.52. The van der Waals surface area contributed by atoms with Crippen LogP contribution in [0.25, 0.3) is 21.3 Å². The van der Waals surface area contributed by atoms with E-state index in [4.69, 9.17) is 17.3 Å². The number of nitrogens with one attached hydrogen (secondary N) is 1. The third-order valence-electron chi connectivity index (χ3n) is 5.03. The van der Waals surface area contributed by atoms with Crippen LogP contribution in [0.1, 0.15) is 33.2 Å². The highest BCUT2D eigenvalue weighted by atomic mass is 35.5. The summed E-state index contributed by atoms with van der Waals surface area (Å²) in [5.74, 6) is -1.33. The monoisotopic (exact) mass is 493 g/mol. The molecule has 0 bridgehead atoms. The molecule has 0 saturated heterocycles.